The summed E-state index contributed by atoms with van der Waals surface area (Å²) in [7, 11) is 0. The van der Waals surface area contributed by atoms with Crippen molar-refractivity contribution in [2.24, 2.45) is 0 Å². The van der Waals surface area contributed by atoms with Crippen molar-refractivity contribution in [1.29, 1.82) is 5.26 Å². The zero-order valence-electron chi connectivity index (χ0n) is 14.8. The Morgan fingerprint density at radius 3 is 2.80 bits per heavy atom. The number of ether oxygens (including phenoxy) is 1. The van der Waals surface area contributed by atoms with E-state index in [2.05, 4.69) is 24.9 Å². The van der Waals surface area contributed by atoms with Gasteiger partial charge in [-0.15, -0.1) is 0 Å². The topological polar surface area (TPSA) is 92.2 Å². The number of hydrogen-bond acceptors (Lipinski definition) is 5. The fourth-order valence-corrected chi connectivity index (χ4v) is 3.71. The van der Waals surface area contributed by atoms with Gasteiger partial charge < -0.3 is 15.6 Å². The maximum Gasteiger partial charge on any atom is 0.142 e. The molecule has 3 rings (SSSR count). The van der Waals surface area contributed by atoms with Crippen molar-refractivity contribution in [3.8, 4) is 22.9 Å². The second-order valence-electron chi connectivity index (χ2n) is 7.22. The summed E-state index contributed by atoms with van der Waals surface area (Å²) in [6.45, 7) is 6.82. The first-order valence-electron chi connectivity index (χ1n) is 8.46. The number of nitrogens with zero attached hydrogens (tertiary/aromatic N) is 2. The second kappa shape index (κ2) is 6.38. The van der Waals surface area contributed by atoms with Crippen molar-refractivity contribution in [2.75, 3.05) is 12.3 Å². The molecule has 5 nitrogen and oxygen atoms in total. The summed E-state index contributed by atoms with van der Waals surface area (Å²) in [5.74, 6) is 0.630. The standard InChI is InChI=1S/C20H23N3O2/c1-12-17(13-5-4-6-15(24)9-13)16(11-21)19(22)23-18(12)14-7-8-25-20(2,3)10-14/h4-6,9,14,24H,7-8,10H2,1-3H3,(H2,22,23)/t14-/m0/s1. The molecule has 2 aromatic rings. The monoisotopic (exact) mass is 337 g/mol. The highest BCUT2D eigenvalue weighted by molar-refractivity contribution is 5.79. The summed E-state index contributed by atoms with van der Waals surface area (Å²) in [6, 6.07) is 9.07. The molecule has 130 valence electrons. The number of nitrogen functional groups attached to an aromatic ring is 1. The molecule has 3 N–H and O–H groups in total. The smallest absolute Gasteiger partial charge is 0.142 e. The molecule has 0 bridgehead atoms. The molecule has 0 radical (unpaired) electrons. The van der Waals surface area contributed by atoms with E-state index in [9.17, 15) is 10.4 Å². The van der Waals surface area contributed by atoms with E-state index in [1.165, 1.54) is 0 Å². The molecule has 0 aliphatic carbocycles. The molecule has 1 atom stereocenters. The van der Waals surface area contributed by atoms with Crippen LogP contribution in [0.4, 0.5) is 5.82 Å². The Morgan fingerprint density at radius 2 is 2.16 bits per heavy atom. The van der Waals surface area contributed by atoms with Crippen molar-refractivity contribution in [1.82, 2.24) is 4.98 Å². The van der Waals surface area contributed by atoms with Crippen LogP contribution in [0.1, 0.15) is 49.4 Å². The Balaban J connectivity index is 2.18. The molecule has 2 heterocycles. The highest BCUT2D eigenvalue weighted by Gasteiger charge is 2.32. The Labute approximate surface area is 148 Å². The van der Waals surface area contributed by atoms with E-state index in [0.29, 0.717) is 12.2 Å². The summed E-state index contributed by atoms with van der Waals surface area (Å²) in [4.78, 5) is 4.58. The van der Waals surface area contributed by atoms with Crippen molar-refractivity contribution in [3.05, 3.63) is 41.1 Å². The summed E-state index contributed by atoms with van der Waals surface area (Å²) in [6.07, 6.45) is 1.73. The average Bonchev–Trinajstić information content (AvgIpc) is 2.55. The van der Waals surface area contributed by atoms with Gasteiger partial charge in [0.15, 0.2) is 0 Å². The summed E-state index contributed by atoms with van der Waals surface area (Å²) in [5, 5.41) is 19.4. The highest BCUT2D eigenvalue weighted by Crippen LogP contribution is 2.40. The predicted octanol–water partition coefficient (Wildman–Crippen LogP) is 3.89. The van der Waals surface area contributed by atoms with Crippen molar-refractivity contribution in [3.63, 3.8) is 0 Å². The number of aromatic nitrogens is 1. The number of aromatic hydroxyl groups is 1. The number of nitriles is 1. The Kier molecular flexibility index (Phi) is 4.40. The first-order chi connectivity index (χ1) is 11.8. The summed E-state index contributed by atoms with van der Waals surface area (Å²) in [5.41, 5.74) is 9.67. The van der Waals surface area contributed by atoms with Crippen LogP contribution >= 0.6 is 0 Å². The molecule has 0 spiro atoms. The van der Waals surface area contributed by atoms with Gasteiger partial charge in [-0.05, 0) is 56.9 Å². The SMILES string of the molecule is Cc1c([C@H]2CCOC(C)(C)C2)nc(N)c(C#N)c1-c1cccc(O)c1. The van der Waals surface area contributed by atoms with Gasteiger partial charge in [-0.3, -0.25) is 0 Å². The average molecular weight is 337 g/mol. The van der Waals surface area contributed by atoms with Crippen molar-refractivity contribution in [2.45, 2.75) is 45.1 Å². The molecule has 0 amide bonds. The molecule has 1 saturated heterocycles. The van der Waals surface area contributed by atoms with E-state index in [1.807, 2.05) is 13.0 Å². The van der Waals surface area contributed by atoms with E-state index in [1.54, 1.807) is 18.2 Å². The van der Waals surface area contributed by atoms with Gasteiger partial charge >= 0.3 is 0 Å². The molecule has 5 heteroatoms. The van der Waals surface area contributed by atoms with E-state index in [0.717, 1.165) is 35.2 Å². The Morgan fingerprint density at radius 1 is 1.40 bits per heavy atom. The molecule has 25 heavy (non-hydrogen) atoms. The zero-order chi connectivity index (χ0) is 18.2. The first-order valence-corrected chi connectivity index (χ1v) is 8.46. The minimum absolute atomic E-state index is 0.157. The van der Waals surface area contributed by atoms with Gasteiger partial charge in [-0.25, -0.2) is 4.98 Å². The molecule has 0 saturated carbocycles. The fourth-order valence-electron chi connectivity index (χ4n) is 3.71. The third-order valence-corrected chi connectivity index (χ3v) is 4.84. The van der Waals surface area contributed by atoms with Gasteiger partial charge in [-0.2, -0.15) is 5.26 Å². The number of hydrogen-bond donors (Lipinski definition) is 2. The van der Waals surface area contributed by atoms with Crippen LogP contribution in [0.5, 0.6) is 5.75 Å². The van der Waals surface area contributed by atoms with Gasteiger partial charge in [0.1, 0.15) is 23.2 Å². The number of anilines is 1. The number of rotatable bonds is 2. The third-order valence-electron chi connectivity index (χ3n) is 4.84. The summed E-state index contributed by atoms with van der Waals surface area (Å²) < 4.78 is 5.82. The molecule has 0 unspecified atom stereocenters. The fraction of sp³-hybridized carbons (Fsp3) is 0.400. The van der Waals surface area contributed by atoms with Crippen molar-refractivity contribution >= 4 is 5.82 Å². The van der Waals surface area contributed by atoms with E-state index in [4.69, 9.17) is 10.5 Å². The molecule has 1 fully saturated rings. The lowest BCUT2D eigenvalue weighted by molar-refractivity contribution is -0.0598. The lowest BCUT2D eigenvalue weighted by atomic mass is 9.82. The predicted molar refractivity (Wildman–Crippen MR) is 97.2 cm³/mol. The van der Waals surface area contributed by atoms with Gasteiger partial charge in [0.2, 0.25) is 0 Å². The van der Waals surface area contributed by atoms with Crippen LogP contribution in [0.2, 0.25) is 0 Å². The molecular weight excluding hydrogens is 314 g/mol. The number of phenolic OH excluding ortho intramolecular Hbond substituents is 1. The maximum atomic E-state index is 9.84. The lowest BCUT2D eigenvalue weighted by Crippen LogP contribution is -2.33. The van der Waals surface area contributed by atoms with Gasteiger partial charge in [0, 0.05) is 23.8 Å². The van der Waals surface area contributed by atoms with Gasteiger partial charge in [0.05, 0.1) is 5.60 Å². The van der Waals surface area contributed by atoms with E-state index < -0.39 is 0 Å². The second-order valence-corrected chi connectivity index (χ2v) is 7.22. The number of phenols is 1. The van der Waals surface area contributed by atoms with Crippen LogP contribution < -0.4 is 5.73 Å². The Hall–Kier alpha value is -2.58. The molecule has 1 aliphatic heterocycles. The van der Waals surface area contributed by atoms with Crippen molar-refractivity contribution < 1.29 is 9.84 Å². The lowest BCUT2D eigenvalue weighted by Gasteiger charge is -2.36. The number of benzene rings is 1. The van der Waals surface area contributed by atoms with Gasteiger partial charge in [0.25, 0.3) is 0 Å². The van der Waals surface area contributed by atoms with Crippen LogP contribution in [0.3, 0.4) is 0 Å². The van der Waals surface area contributed by atoms with E-state index in [-0.39, 0.29) is 23.1 Å². The highest BCUT2D eigenvalue weighted by atomic mass is 16.5. The summed E-state index contributed by atoms with van der Waals surface area (Å²) >= 11 is 0. The van der Waals surface area contributed by atoms with Crippen LogP contribution in [-0.4, -0.2) is 22.3 Å². The van der Waals surface area contributed by atoms with Crippen LogP contribution in [0.25, 0.3) is 11.1 Å². The van der Waals surface area contributed by atoms with Crippen LogP contribution in [0, 0.1) is 18.3 Å². The van der Waals surface area contributed by atoms with Crippen LogP contribution in [0.15, 0.2) is 24.3 Å². The zero-order valence-corrected chi connectivity index (χ0v) is 14.8. The maximum absolute atomic E-state index is 9.84. The quantitative estimate of drug-likeness (QED) is 0.867. The molecule has 1 aliphatic rings. The molecule has 1 aromatic heterocycles. The number of nitrogens with two attached hydrogens (primary N) is 1. The minimum Gasteiger partial charge on any atom is -0.508 e. The van der Waals surface area contributed by atoms with Crippen LogP contribution in [-0.2, 0) is 4.74 Å². The molecular formula is C20H23N3O2. The third kappa shape index (κ3) is 3.31. The minimum atomic E-state index is -0.203. The van der Waals surface area contributed by atoms with Gasteiger partial charge in [-0.1, -0.05) is 12.1 Å². The first kappa shape index (κ1) is 17.2. The normalized spacial score (nSPS) is 19.4. The number of pyridine rings is 1. The van der Waals surface area contributed by atoms with E-state index >= 15 is 0 Å². The Bertz CT molecular complexity index is 853. The molecule has 1 aromatic carbocycles. The largest absolute Gasteiger partial charge is 0.508 e.